The van der Waals surface area contributed by atoms with Gasteiger partial charge in [-0.2, -0.15) is 0 Å². The average molecular weight is 250 g/mol. The third-order valence-corrected chi connectivity index (χ3v) is 2.85. The number of ether oxygens (including phenoxy) is 2. The topological polar surface area (TPSA) is 52.6 Å². The van der Waals surface area contributed by atoms with Crippen LogP contribution >= 0.6 is 0 Å². The van der Waals surface area contributed by atoms with Crippen molar-refractivity contribution in [2.75, 3.05) is 14.2 Å². The van der Waals surface area contributed by atoms with Gasteiger partial charge in [-0.1, -0.05) is 12.1 Å². The number of carbonyl (C=O) groups is 2. The second-order valence-corrected chi connectivity index (χ2v) is 4.05. The van der Waals surface area contributed by atoms with Gasteiger partial charge in [0.2, 0.25) is 0 Å². The molecule has 0 spiro atoms. The molecule has 1 aromatic rings. The van der Waals surface area contributed by atoms with Crippen molar-refractivity contribution < 1.29 is 19.1 Å². The second-order valence-electron chi connectivity index (χ2n) is 4.05. The SMILES string of the molecule is COC(=O)CC[C@@H](C(C)=O)c1cccc(OC)c1. The van der Waals surface area contributed by atoms with Crippen molar-refractivity contribution in [2.45, 2.75) is 25.7 Å². The van der Waals surface area contributed by atoms with Crippen LogP contribution in [0.3, 0.4) is 0 Å². The molecule has 4 heteroatoms. The smallest absolute Gasteiger partial charge is 0.305 e. The van der Waals surface area contributed by atoms with Gasteiger partial charge in [0.1, 0.15) is 11.5 Å². The zero-order valence-electron chi connectivity index (χ0n) is 10.9. The molecule has 0 aromatic heterocycles. The largest absolute Gasteiger partial charge is 0.497 e. The van der Waals surface area contributed by atoms with Gasteiger partial charge in [-0.15, -0.1) is 0 Å². The van der Waals surface area contributed by atoms with Gasteiger partial charge in [0, 0.05) is 12.3 Å². The molecule has 0 aliphatic carbocycles. The summed E-state index contributed by atoms with van der Waals surface area (Å²) in [6.07, 6.45) is 0.688. The normalized spacial score (nSPS) is 11.7. The van der Waals surface area contributed by atoms with Gasteiger partial charge < -0.3 is 9.47 Å². The van der Waals surface area contributed by atoms with Gasteiger partial charge in [-0.05, 0) is 31.0 Å². The molecule has 0 N–H and O–H groups in total. The molecule has 0 bridgehead atoms. The minimum absolute atomic E-state index is 0.0344. The Morgan fingerprint density at radius 3 is 2.56 bits per heavy atom. The van der Waals surface area contributed by atoms with Gasteiger partial charge in [0.15, 0.2) is 0 Å². The summed E-state index contributed by atoms with van der Waals surface area (Å²) in [7, 11) is 2.92. The van der Waals surface area contributed by atoms with Crippen LogP contribution in [0.4, 0.5) is 0 Å². The average Bonchev–Trinajstić information content (AvgIpc) is 2.38. The van der Waals surface area contributed by atoms with Crippen LogP contribution in [0.1, 0.15) is 31.2 Å². The summed E-state index contributed by atoms with van der Waals surface area (Å²) in [5, 5.41) is 0. The van der Waals surface area contributed by atoms with E-state index in [4.69, 9.17) is 4.74 Å². The Hall–Kier alpha value is -1.84. The van der Waals surface area contributed by atoms with Crippen molar-refractivity contribution in [3.63, 3.8) is 0 Å². The number of ketones is 1. The number of methoxy groups -OCH3 is 2. The Bertz CT molecular complexity index is 426. The Labute approximate surface area is 107 Å². The fourth-order valence-corrected chi connectivity index (χ4v) is 1.83. The van der Waals surface area contributed by atoms with E-state index < -0.39 is 0 Å². The van der Waals surface area contributed by atoms with Gasteiger partial charge in [0.25, 0.3) is 0 Å². The maximum absolute atomic E-state index is 11.7. The van der Waals surface area contributed by atoms with E-state index in [1.54, 1.807) is 7.11 Å². The summed E-state index contributed by atoms with van der Waals surface area (Å²) in [5.74, 6) is 0.146. The molecule has 0 saturated carbocycles. The molecule has 98 valence electrons. The summed E-state index contributed by atoms with van der Waals surface area (Å²) in [4.78, 5) is 22.8. The summed E-state index contributed by atoms with van der Waals surface area (Å²) >= 11 is 0. The fourth-order valence-electron chi connectivity index (χ4n) is 1.83. The number of esters is 1. The van der Waals surface area contributed by atoms with Crippen LogP contribution in [0.2, 0.25) is 0 Å². The van der Waals surface area contributed by atoms with Crippen LogP contribution in [0, 0.1) is 0 Å². The number of hydrogen-bond acceptors (Lipinski definition) is 4. The van der Waals surface area contributed by atoms with Crippen LogP contribution in [-0.2, 0) is 14.3 Å². The maximum Gasteiger partial charge on any atom is 0.305 e. The summed E-state index contributed by atoms with van der Waals surface area (Å²) in [6.45, 7) is 1.53. The highest BCUT2D eigenvalue weighted by atomic mass is 16.5. The standard InChI is InChI=1S/C14H18O4/c1-10(15)13(7-8-14(16)18-3)11-5-4-6-12(9-11)17-2/h4-6,9,13H,7-8H2,1-3H3/t13-/m0/s1. The molecule has 1 aromatic carbocycles. The molecule has 0 unspecified atom stereocenters. The quantitative estimate of drug-likeness (QED) is 0.727. The first-order valence-electron chi connectivity index (χ1n) is 5.79. The first-order valence-corrected chi connectivity index (χ1v) is 5.79. The Morgan fingerprint density at radius 1 is 1.28 bits per heavy atom. The van der Waals surface area contributed by atoms with Gasteiger partial charge >= 0.3 is 5.97 Å². The van der Waals surface area contributed by atoms with E-state index in [-0.39, 0.29) is 24.1 Å². The maximum atomic E-state index is 11.7. The van der Waals surface area contributed by atoms with Crippen LogP contribution in [0.15, 0.2) is 24.3 Å². The zero-order valence-corrected chi connectivity index (χ0v) is 10.9. The first kappa shape index (κ1) is 14.2. The molecular weight excluding hydrogens is 232 g/mol. The highest BCUT2D eigenvalue weighted by Crippen LogP contribution is 2.25. The lowest BCUT2D eigenvalue weighted by molar-refractivity contribution is -0.140. The predicted molar refractivity (Wildman–Crippen MR) is 67.7 cm³/mol. The number of carbonyl (C=O) groups excluding carboxylic acids is 2. The molecule has 0 heterocycles. The van der Waals surface area contributed by atoms with Crippen molar-refractivity contribution in [1.29, 1.82) is 0 Å². The summed E-state index contributed by atoms with van der Waals surface area (Å²) in [5.41, 5.74) is 0.866. The molecule has 1 atom stereocenters. The second kappa shape index (κ2) is 6.79. The molecule has 0 amide bonds. The summed E-state index contributed by atoms with van der Waals surface area (Å²) < 4.78 is 9.71. The fraction of sp³-hybridized carbons (Fsp3) is 0.429. The number of Topliss-reactive ketones (excluding diaryl/α,β-unsaturated/α-hetero) is 1. The molecule has 0 saturated heterocycles. The van der Waals surface area contributed by atoms with Crippen molar-refractivity contribution >= 4 is 11.8 Å². The Kier molecular flexibility index (Phi) is 5.36. The number of hydrogen-bond donors (Lipinski definition) is 0. The molecule has 0 radical (unpaired) electrons. The monoisotopic (exact) mass is 250 g/mol. The van der Waals surface area contributed by atoms with E-state index in [0.717, 1.165) is 5.56 Å². The van der Waals surface area contributed by atoms with E-state index in [0.29, 0.717) is 12.2 Å². The molecule has 4 nitrogen and oxygen atoms in total. The van der Waals surface area contributed by atoms with Crippen molar-refractivity contribution in [2.24, 2.45) is 0 Å². The zero-order chi connectivity index (χ0) is 13.5. The Morgan fingerprint density at radius 2 is 2.00 bits per heavy atom. The molecule has 0 aliphatic rings. The van der Waals surface area contributed by atoms with Crippen LogP contribution in [0.25, 0.3) is 0 Å². The Balaban J connectivity index is 2.83. The highest BCUT2D eigenvalue weighted by molar-refractivity contribution is 5.84. The number of rotatable bonds is 6. The molecular formula is C14H18O4. The molecule has 1 rings (SSSR count). The van der Waals surface area contributed by atoms with E-state index in [1.807, 2.05) is 24.3 Å². The first-order chi connectivity index (χ1) is 8.58. The minimum Gasteiger partial charge on any atom is -0.497 e. The van der Waals surface area contributed by atoms with Crippen LogP contribution in [-0.4, -0.2) is 26.0 Å². The number of benzene rings is 1. The minimum atomic E-state index is -0.302. The lowest BCUT2D eigenvalue weighted by Crippen LogP contribution is -2.12. The van der Waals surface area contributed by atoms with E-state index in [2.05, 4.69) is 4.74 Å². The highest BCUT2D eigenvalue weighted by Gasteiger charge is 2.18. The lowest BCUT2D eigenvalue weighted by atomic mass is 9.91. The van der Waals surface area contributed by atoms with E-state index >= 15 is 0 Å². The van der Waals surface area contributed by atoms with Crippen molar-refractivity contribution in [1.82, 2.24) is 0 Å². The molecule has 0 fully saturated rings. The van der Waals surface area contributed by atoms with Crippen molar-refractivity contribution in [3.8, 4) is 5.75 Å². The summed E-state index contributed by atoms with van der Waals surface area (Å²) in [6, 6.07) is 7.35. The van der Waals surface area contributed by atoms with Gasteiger partial charge in [-0.25, -0.2) is 0 Å². The van der Waals surface area contributed by atoms with E-state index in [1.165, 1.54) is 14.0 Å². The predicted octanol–water partition coefficient (Wildman–Crippen LogP) is 2.32. The lowest BCUT2D eigenvalue weighted by Gasteiger charge is -2.14. The van der Waals surface area contributed by atoms with Crippen LogP contribution < -0.4 is 4.74 Å². The van der Waals surface area contributed by atoms with Gasteiger partial charge in [0.05, 0.1) is 14.2 Å². The van der Waals surface area contributed by atoms with E-state index in [9.17, 15) is 9.59 Å². The van der Waals surface area contributed by atoms with Gasteiger partial charge in [-0.3, -0.25) is 9.59 Å². The molecule has 0 aliphatic heterocycles. The van der Waals surface area contributed by atoms with Crippen molar-refractivity contribution in [3.05, 3.63) is 29.8 Å². The third-order valence-electron chi connectivity index (χ3n) is 2.85. The molecule has 18 heavy (non-hydrogen) atoms. The van der Waals surface area contributed by atoms with Crippen LogP contribution in [0.5, 0.6) is 5.75 Å². The third kappa shape index (κ3) is 3.87.